The summed E-state index contributed by atoms with van der Waals surface area (Å²) in [5, 5.41) is 19.8. The van der Waals surface area contributed by atoms with Gasteiger partial charge >= 0.3 is 5.97 Å². The first-order valence-corrected chi connectivity index (χ1v) is 10.5. The van der Waals surface area contributed by atoms with Gasteiger partial charge in [0, 0.05) is 23.2 Å². The smallest absolute Gasteiger partial charge is 0.341 e. The van der Waals surface area contributed by atoms with Gasteiger partial charge < -0.3 is 24.9 Å². The Morgan fingerprint density at radius 3 is 2.38 bits per heavy atom. The first-order valence-electron chi connectivity index (χ1n) is 9.60. The Labute approximate surface area is 186 Å². The highest BCUT2D eigenvalue weighted by molar-refractivity contribution is 7.12. The van der Waals surface area contributed by atoms with Crippen LogP contribution in [0.4, 0.5) is 0 Å². The molecule has 2 heterocycles. The molecule has 0 aliphatic carbocycles. The number of aromatic carboxylic acids is 1. The van der Waals surface area contributed by atoms with E-state index in [2.05, 4.69) is 0 Å². The number of aromatic nitrogens is 1. The number of pyridine rings is 1. The predicted octanol–water partition coefficient (Wildman–Crippen LogP) is 3.49. The number of carboxylic acids is 1. The Bertz CT molecular complexity index is 1340. The lowest BCUT2D eigenvalue weighted by Crippen LogP contribution is -2.18. The summed E-state index contributed by atoms with van der Waals surface area (Å²) in [6.45, 7) is 0.545. The van der Waals surface area contributed by atoms with Crippen LogP contribution in [0.3, 0.4) is 0 Å². The summed E-state index contributed by atoms with van der Waals surface area (Å²) < 4.78 is 13.1. The Hall–Kier alpha value is -4.11. The molecule has 0 unspecified atom stereocenters. The van der Waals surface area contributed by atoms with Gasteiger partial charge in [0.25, 0.3) is 0 Å². The molecule has 2 aromatic carbocycles. The molecule has 4 N–H and O–H groups in total. The van der Waals surface area contributed by atoms with E-state index in [4.69, 9.17) is 20.6 Å². The fourth-order valence-electron chi connectivity index (χ4n) is 3.19. The van der Waals surface area contributed by atoms with E-state index < -0.39 is 11.4 Å². The summed E-state index contributed by atoms with van der Waals surface area (Å²) >= 11 is 1.43. The average Bonchev–Trinajstić information content (AvgIpc) is 3.32. The number of nitrogens with one attached hydrogen (secondary N) is 1. The van der Waals surface area contributed by atoms with Gasteiger partial charge in [-0.3, -0.25) is 10.2 Å². The van der Waals surface area contributed by atoms with Crippen molar-refractivity contribution < 1.29 is 19.4 Å². The van der Waals surface area contributed by atoms with E-state index in [-0.39, 0.29) is 24.6 Å². The highest BCUT2D eigenvalue weighted by Crippen LogP contribution is 2.25. The molecule has 9 heteroatoms. The van der Waals surface area contributed by atoms with Crippen molar-refractivity contribution in [1.29, 1.82) is 5.41 Å². The van der Waals surface area contributed by atoms with Crippen LogP contribution in [0.25, 0.3) is 15.9 Å². The molecule has 0 amide bonds. The Kier molecular flexibility index (Phi) is 5.91. The van der Waals surface area contributed by atoms with Gasteiger partial charge in [0.2, 0.25) is 5.43 Å². The van der Waals surface area contributed by atoms with E-state index in [9.17, 15) is 14.7 Å². The van der Waals surface area contributed by atoms with Crippen molar-refractivity contribution in [2.45, 2.75) is 0 Å². The van der Waals surface area contributed by atoms with Crippen molar-refractivity contribution in [1.82, 2.24) is 4.57 Å². The lowest BCUT2D eigenvalue weighted by atomic mass is 10.1. The second kappa shape index (κ2) is 8.94. The van der Waals surface area contributed by atoms with Crippen molar-refractivity contribution in [2.24, 2.45) is 5.73 Å². The molecule has 4 rings (SSSR count). The molecule has 8 nitrogen and oxygen atoms in total. The Morgan fingerprint density at radius 1 is 1.06 bits per heavy atom. The van der Waals surface area contributed by atoms with Crippen LogP contribution in [-0.2, 0) is 0 Å². The topological polar surface area (TPSA) is 128 Å². The number of ether oxygens (including phenoxy) is 2. The van der Waals surface area contributed by atoms with Crippen molar-refractivity contribution in [2.75, 3.05) is 13.2 Å². The minimum atomic E-state index is -1.27. The van der Waals surface area contributed by atoms with E-state index >= 15 is 0 Å². The number of nitrogen functional groups attached to an aromatic ring is 1. The van der Waals surface area contributed by atoms with Crippen LogP contribution in [0, 0.1) is 5.41 Å². The van der Waals surface area contributed by atoms with Crippen LogP contribution < -0.4 is 20.6 Å². The lowest BCUT2D eigenvalue weighted by molar-refractivity contribution is 0.0695. The van der Waals surface area contributed by atoms with Gasteiger partial charge in [0.1, 0.15) is 36.1 Å². The molecular formula is C23H19N3O5S. The maximum atomic E-state index is 12.6. The molecule has 0 saturated heterocycles. The van der Waals surface area contributed by atoms with Crippen molar-refractivity contribution in [3.8, 4) is 16.5 Å². The number of hydrogen-bond acceptors (Lipinski definition) is 6. The largest absolute Gasteiger partial charge is 0.490 e. The molecular weight excluding hydrogens is 430 g/mol. The number of nitrogens with two attached hydrogens (primary N) is 1. The van der Waals surface area contributed by atoms with Crippen LogP contribution in [0.15, 0.2) is 71.0 Å². The van der Waals surface area contributed by atoms with E-state index in [1.54, 1.807) is 47.0 Å². The van der Waals surface area contributed by atoms with Crippen molar-refractivity contribution in [3.05, 3.63) is 87.5 Å². The molecule has 0 saturated carbocycles. The Balaban J connectivity index is 1.53. The van der Waals surface area contributed by atoms with Gasteiger partial charge in [-0.05, 0) is 53.9 Å². The quantitative estimate of drug-likeness (QED) is 0.215. The standard InChI is InChI=1S/C23H19N3O5S/c24-22(25)14-3-5-15(6-4-14)30-9-10-31-16-7-8-17-19(12-16)26(20-2-1-11-32-20)13-18(21(17)27)23(28)29/h1-8,11-13H,9-10H2,(H3,24,25)(H,28,29). The zero-order chi connectivity index (χ0) is 22.7. The molecule has 162 valence electrons. The molecule has 2 aromatic heterocycles. The Morgan fingerprint density at radius 2 is 1.75 bits per heavy atom. The first-order chi connectivity index (χ1) is 15.4. The van der Waals surface area contributed by atoms with Crippen molar-refractivity contribution in [3.63, 3.8) is 0 Å². The zero-order valence-corrected chi connectivity index (χ0v) is 17.6. The zero-order valence-electron chi connectivity index (χ0n) is 16.8. The number of amidine groups is 1. The van der Waals surface area contributed by atoms with E-state index in [1.165, 1.54) is 17.5 Å². The fraction of sp³-hybridized carbons (Fsp3) is 0.0870. The third-order valence-corrected chi connectivity index (χ3v) is 5.60. The van der Waals surface area contributed by atoms with Crippen LogP contribution in [0.2, 0.25) is 0 Å². The molecule has 0 fully saturated rings. The average molecular weight is 449 g/mol. The van der Waals surface area contributed by atoms with E-state index in [0.717, 1.165) is 5.00 Å². The summed E-state index contributed by atoms with van der Waals surface area (Å²) in [7, 11) is 0. The third-order valence-electron chi connectivity index (χ3n) is 4.74. The second-order valence-electron chi connectivity index (χ2n) is 6.81. The van der Waals surface area contributed by atoms with E-state index in [0.29, 0.717) is 28.0 Å². The van der Waals surface area contributed by atoms with Crippen molar-refractivity contribution >= 4 is 34.0 Å². The SMILES string of the molecule is N=C(N)c1ccc(OCCOc2ccc3c(=O)c(C(=O)O)cn(-c4cccs4)c3c2)cc1. The van der Waals surface area contributed by atoms with Gasteiger partial charge in [0.05, 0.1) is 10.5 Å². The number of carbonyl (C=O) groups is 1. The lowest BCUT2D eigenvalue weighted by Gasteiger charge is -2.13. The number of hydrogen-bond donors (Lipinski definition) is 3. The summed E-state index contributed by atoms with van der Waals surface area (Å²) in [4.78, 5) is 24.1. The number of nitrogens with zero attached hydrogens (tertiary/aromatic N) is 1. The molecule has 4 aromatic rings. The van der Waals surface area contributed by atoms with Crippen LogP contribution in [-0.4, -0.2) is 34.7 Å². The minimum Gasteiger partial charge on any atom is -0.490 e. The molecule has 32 heavy (non-hydrogen) atoms. The second-order valence-corrected chi connectivity index (χ2v) is 7.74. The molecule has 0 aliphatic heterocycles. The minimum absolute atomic E-state index is 0.00677. The maximum Gasteiger partial charge on any atom is 0.341 e. The summed E-state index contributed by atoms with van der Waals surface area (Å²) in [5.41, 5.74) is 5.78. The molecule has 0 spiro atoms. The van der Waals surface area contributed by atoms with E-state index in [1.807, 2.05) is 17.5 Å². The maximum absolute atomic E-state index is 12.6. The number of carboxylic acid groups (broad SMARTS) is 1. The number of thiophene rings is 1. The molecule has 0 bridgehead atoms. The summed E-state index contributed by atoms with van der Waals surface area (Å²) in [5.74, 6) is -0.116. The fourth-order valence-corrected chi connectivity index (χ4v) is 3.90. The highest BCUT2D eigenvalue weighted by atomic mass is 32.1. The van der Waals surface area contributed by atoms with Gasteiger partial charge in [-0.25, -0.2) is 4.79 Å². The monoisotopic (exact) mass is 449 g/mol. The number of rotatable bonds is 8. The molecule has 0 atom stereocenters. The van der Waals surface area contributed by atoms with Gasteiger partial charge in [-0.1, -0.05) is 0 Å². The summed E-state index contributed by atoms with van der Waals surface area (Å²) in [6, 6.07) is 15.5. The number of benzene rings is 2. The third kappa shape index (κ3) is 4.33. The number of fused-ring (bicyclic) bond motifs is 1. The highest BCUT2D eigenvalue weighted by Gasteiger charge is 2.16. The van der Waals surface area contributed by atoms with Gasteiger partial charge in [0.15, 0.2) is 0 Å². The van der Waals surface area contributed by atoms with Gasteiger partial charge in [-0.2, -0.15) is 0 Å². The van der Waals surface area contributed by atoms with Crippen LogP contribution >= 0.6 is 11.3 Å². The molecule has 0 radical (unpaired) electrons. The predicted molar refractivity (Wildman–Crippen MR) is 123 cm³/mol. The van der Waals surface area contributed by atoms with Crippen LogP contribution in [0.1, 0.15) is 15.9 Å². The molecule has 0 aliphatic rings. The normalized spacial score (nSPS) is 10.8. The summed E-state index contributed by atoms with van der Waals surface area (Å²) in [6.07, 6.45) is 1.34. The van der Waals surface area contributed by atoms with Crippen LogP contribution in [0.5, 0.6) is 11.5 Å². The first kappa shape index (κ1) is 21.1. The van der Waals surface area contributed by atoms with Gasteiger partial charge in [-0.15, -0.1) is 11.3 Å².